The minimum atomic E-state index is -1.86. The second-order valence-electron chi connectivity index (χ2n) is 17.1. The number of halogens is 1. The average molecular weight is 1080 g/mol. The molecule has 0 aliphatic heterocycles. The Hall–Kier alpha value is -5.77. The molecular weight excluding hydrogens is 1040 g/mol. The van der Waals surface area contributed by atoms with Gasteiger partial charge in [0.15, 0.2) is 11.4 Å². The van der Waals surface area contributed by atoms with E-state index in [9.17, 15) is 0 Å². The number of benzene rings is 6. The standard InChI is InChI=1S/C36H19FN3OS.C18H24GeN.Ir/c37-27-20-29(21-9-2-1-3-10-21)38-33-24-12-8-13-25(34(24)41-35(27)33)36-39-28-14-5-6-15-30(28)40(36)22-17-18-32-26(19-22)23-11-4-7-16-31(23)42-32;1-14(2)11-16-12-18(15-9-7-6-8-10-15)20-13-17(16)19(3,4)5;/h1-12,14-20H;6-9,12-14H,11H2,1-5H3;/q2*-1;. The molecule has 0 amide bonds. The van der Waals surface area contributed by atoms with E-state index in [2.05, 4.69) is 115 Å². The Balaban J connectivity index is 0.000000204. The van der Waals surface area contributed by atoms with Gasteiger partial charge in [0, 0.05) is 57.6 Å². The van der Waals surface area contributed by atoms with Crippen LogP contribution in [0.1, 0.15) is 19.4 Å². The first-order valence-electron chi connectivity index (χ1n) is 21.0. The Morgan fingerprint density at radius 1 is 0.714 bits per heavy atom. The molecule has 5 nitrogen and oxygen atoms in total. The zero-order valence-electron chi connectivity index (χ0n) is 35.5. The van der Waals surface area contributed by atoms with Crippen LogP contribution in [0.2, 0.25) is 17.3 Å². The van der Waals surface area contributed by atoms with Gasteiger partial charge in [-0.25, -0.2) is 9.37 Å². The second kappa shape index (κ2) is 17.4. The van der Waals surface area contributed by atoms with Gasteiger partial charge in [-0.05, 0) is 41.8 Å². The normalized spacial score (nSPS) is 11.7. The van der Waals surface area contributed by atoms with Crippen LogP contribution in [0.15, 0.2) is 156 Å². The molecular formula is C54H43FGeIrN4OS-2. The van der Waals surface area contributed by atoms with E-state index in [1.165, 1.54) is 31.8 Å². The van der Waals surface area contributed by atoms with Crippen molar-refractivity contribution in [1.82, 2.24) is 19.5 Å². The van der Waals surface area contributed by atoms with Crippen molar-refractivity contribution in [2.75, 3.05) is 0 Å². The molecule has 0 aliphatic rings. The predicted molar refractivity (Wildman–Crippen MR) is 259 cm³/mol. The largest absolute Gasteiger partial charge is 0.496 e. The molecule has 0 bridgehead atoms. The number of aromatic nitrogens is 4. The Morgan fingerprint density at radius 2 is 1.48 bits per heavy atom. The van der Waals surface area contributed by atoms with Crippen LogP contribution in [0, 0.1) is 23.9 Å². The van der Waals surface area contributed by atoms with Crippen LogP contribution in [-0.2, 0) is 26.5 Å². The molecule has 0 aliphatic carbocycles. The SMILES string of the molecule is CC(C)Cc1cc(-c2[c-]cccc2)nc[c]1[Ge]([CH3])([CH3])[CH3].Fc1cc(-c2ccccc2)nc2c1oc1c(-c3nc4ccccc4n3-c3ccc4sc5ccccc5c4c3)[c-]ccc12.[Ir]. The molecule has 63 heavy (non-hydrogen) atoms. The predicted octanol–water partition coefficient (Wildman–Crippen LogP) is 14.3. The molecule has 0 N–H and O–H groups in total. The maximum Gasteiger partial charge on any atom is 0.175 e. The van der Waals surface area contributed by atoms with Crippen LogP contribution in [0.4, 0.5) is 4.39 Å². The first-order valence-corrected chi connectivity index (χ1v) is 29.1. The first-order chi connectivity index (χ1) is 30.1. The van der Waals surface area contributed by atoms with Crippen molar-refractivity contribution in [3.8, 4) is 39.6 Å². The van der Waals surface area contributed by atoms with Gasteiger partial charge >= 0.3 is 126 Å². The Labute approximate surface area is 386 Å². The maximum atomic E-state index is 15.5. The number of para-hydroxylation sites is 2. The molecule has 11 rings (SSSR count). The molecule has 0 saturated heterocycles. The number of imidazole rings is 1. The molecule has 313 valence electrons. The number of furan rings is 1. The van der Waals surface area contributed by atoms with Gasteiger partial charge < -0.3 is 8.98 Å². The van der Waals surface area contributed by atoms with Crippen molar-refractivity contribution in [2.45, 2.75) is 37.5 Å². The first kappa shape index (κ1) is 42.5. The molecule has 9 heteroatoms. The van der Waals surface area contributed by atoms with E-state index in [1.54, 1.807) is 15.7 Å². The van der Waals surface area contributed by atoms with Crippen molar-refractivity contribution < 1.29 is 28.9 Å². The maximum absolute atomic E-state index is 15.5. The van der Waals surface area contributed by atoms with Gasteiger partial charge in [-0.3, -0.25) is 4.98 Å². The van der Waals surface area contributed by atoms with E-state index in [4.69, 9.17) is 19.4 Å². The fourth-order valence-corrected chi connectivity index (χ4v) is 12.8. The summed E-state index contributed by atoms with van der Waals surface area (Å²) in [5, 5.41) is 3.14. The van der Waals surface area contributed by atoms with Gasteiger partial charge in [0.1, 0.15) is 5.52 Å². The summed E-state index contributed by atoms with van der Waals surface area (Å²) >= 11 is -0.0697. The van der Waals surface area contributed by atoms with Gasteiger partial charge in [-0.2, -0.15) is 0 Å². The Morgan fingerprint density at radius 3 is 2.27 bits per heavy atom. The smallest absolute Gasteiger partial charge is 0.175 e. The zero-order valence-corrected chi connectivity index (χ0v) is 40.8. The van der Waals surface area contributed by atoms with Crippen LogP contribution in [-0.4, -0.2) is 32.8 Å². The summed E-state index contributed by atoms with van der Waals surface area (Å²) in [4.78, 5) is 14.6. The van der Waals surface area contributed by atoms with Crippen molar-refractivity contribution >= 4 is 82.3 Å². The van der Waals surface area contributed by atoms with Gasteiger partial charge in [0.25, 0.3) is 0 Å². The third kappa shape index (κ3) is 8.18. The van der Waals surface area contributed by atoms with Crippen molar-refractivity contribution in [3.05, 3.63) is 175 Å². The van der Waals surface area contributed by atoms with E-state index in [1.807, 2.05) is 78.9 Å². The third-order valence-corrected chi connectivity index (χ3v) is 16.7. The summed E-state index contributed by atoms with van der Waals surface area (Å²) in [6, 6.07) is 54.8. The van der Waals surface area contributed by atoms with Gasteiger partial charge in [-0.15, -0.1) is 29.5 Å². The number of rotatable bonds is 7. The van der Waals surface area contributed by atoms with Gasteiger partial charge in [0.05, 0.1) is 28.1 Å². The monoisotopic (exact) mass is 1080 g/mol. The summed E-state index contributed by atoms with van der Waals surface area (Å²) in [5.41, 5.74) is 9.58. The van der Waals surface area contributed by atoms with E-state index in [-0.39, 0.29) is 25.7 Å². The number of thiophene rings is 1. The fourth-order valence-electron chi connectivity index (χ4n) is 8.37. The van der Waals surface area contributed by atoms with Crippen molar-refractivity contribution in [1.29, 1.82) is 0 Å². The molecule has 6 aromatic carbocycles. The molecule has 0 unspecified atom stereocenters. The molecule has 0 atom stereocenters. The van der Waals surface area contributed by atoms with Crippen LogP contribution in [0.3, 0.4) is 0 Å². The van der Waals surface area contributed by atoms with Gasteiger partial charge in [-0.1, -0.05) is 66.2 Å². The van der Waals surface area contributed by atoms with E-state index in [0.29, 0.717) is 39.5 Å². The molecule has 5 aromatic heterocycles. The van der Waals surface area contributed by atoms with Crippen molar-refractivity contribution in [2.24, 2.45) is 5.92 Å². The number of hydrogen-bond acceptors (Lipinski definition) is 5. The fraction of sp³-hybridized carbons (Fsp3) is 0.130. The Kier molecular flexibility index (Phi) is 11.8. The molecule has 1 radical (unpaired) electrons. The number of hydrogen-bond donors (Lipinski definition) is 0. The Bertz CT molecular complexity index is 3430. The second-order valence-corrected chi connectivity index (χ2v) is 28.8. The summed E-state index contributed by atoms with van der Waals surface area (Å²) in [7, 11) is 0. The van der Waals surface area contributed by atoms with Crippen LogP contribution >= 0.6 is 11.3 Å². The molecule has 0 fully saturated rings. The van der Waals surface area contributed by atoms with E-state index >= 15 is 4.39 Å². The van der Waals surface area contributed by atoms with Crippen LogP contribution < -0.4 is 4.40 Å². The molecule has 0 saturated carbocycles. The summed E-state index contributed by atoms with van der Waals surface area (Å²) in [6.07, 6.45) is 3.27. The topological polar surface area (TPSA) is 56.7 Å². The number of pyridine rings is 2. The summed E-state index contributed by atoms with van der Waals surface area (Å²) in [5.74, 6) is 8.21. The molecule has 5 heterocycles. The quantitative estimate of drug-likeness (QED) is 0.118. The zero-order chi connectivity index (χ0) is 42.5. The number of fused-ring (bicyclic) bond motifs is 7. The molecule has 11 aromatic rings. The van der Waals surface area contributed by atoms with Crippen molar-refractivity contribution in [3.63, 3.8) is 0 Å². The van der Waals surface area contributed by atoms with Crippen LogP contribution in [0.5, 0.6) is 0 Å². The minimum absolute atomic E-state index is 0. The van der Waals surface area contributed by atoms with E-state index in [0.717, 1.165) is 40.0 Å². The van der Waals surface area contributed by atoms with E-state index < -0.39 is 19.1 Å². The molecule has 0 spiro atoms. The van der Waals surface area contributed by atoms with Gasteiger partial charge in [0.2, 0.25) is 0 Å². The van der Waals surface area contributed by atoms with Crippen LogP contribution in [0.25, 0.3) is 92.9 Å². The minimum Gasteiger partial charge on any atom is -0.496 e. The summed E-state index contributed by atoms with van der Waals surface area (Å²) in [6.45, 7) is 4.57. The average Bonchev–Trinajstić information content (AvgIpc) is 3.98. The summed E-state index contributed by atoms with van der Waals surface area (Å²) < 4.78 is 27.9. The number of nitrogens with zero attached hydrogens (tertiary/aromatic N) is 4. The third-order valence-electron chi connectivity index (χ3n) is 11.2.